The largest absolute Gasteiger partial charge is 0.491 e. The van der Waals surface area contributed by atoms with Gasteiger partial charge in [0.2, 0.25) is 0 Å². The van der Waals surface area contributed by atoms with E-state index in [2.05, 4.69) is 10.4 Å². The van der Waals surface area contributed by atoms with Crippen LogP contribution in [0.5, 0.6) is 5.75 Å². The van der Waals surface area contributed by atoms with Crippen LogP contribution in [0.2, 0.25) is 0 Å². The molecular formula is C15H21N3O2. The molecule has 108 valence electrons. The van der Waals surface area contributed by atoms with Crippen molar-refractivity contribution in [1.29, 1.82) is 0 Å². The molecule has 1 atom stereocenters. The van der Waals surface area contributed by atoms with Gasteiger partial charge >= 0.3 is 0 Å². The van der Waals surface area contributed by atoms with Gasteiger partial charge in [0.25, 0.3) is 0 Å². The third-order valence-electron chi connectivity index (χ3n) is 2.99. The van der Waals surface area contributed by atoms with Crippen molar-refractivity contribution in [3.63, 3.8) is 0 Å². The topological polar surface area (TPSA) is 59.3 Å². The molecule has 2 N–H and O–H groups in total. The fourth-order valence-corrected chi connectivity index (χ4v) is 1.91. The lowest BCUT2D eigenvalue weighted by Gasteiger charge is -2.14. The van der Waals surface area contributed by atoms with Crippen LogP contribution >= 0.6 is 0 Å². The summed E-state index contributed by atoms with van der Waals surface area (Å²) in [5, 5.41) is 17.1. The molecule has 0 aliphatic rings. The number of aryl methyl sites for hydroxylation is 2. The zero-order valence-corrected chi connectivity index (χ0v) is 11.9. The third kappa shape index (κ3) is 4.36. The Kier molecular flexibility index (Phi) is 5.15. The van der Waals surface area contributed by atoms with Gasteiger partial charge in [0.1, 0.15) is 18.5 Å². The summed E-state index contributed by atoms with van der Waals surface area (Å²) in [5.74, 6) is 0.818. The van der Waals surface area contributed by atoms with Gasteiger partial charge in [-0.2, -0.15) is 5.10 Å². The van der Waals surface area contributed by atoms with Crippen LogP contribution in [0.3, 0.4) is 0 Å². The second-order valence-electron chi connectivity index (χ2n) is 4.88. The average Bonchev–Trinajstić information content (AvgIpc) is 2.83. The number of nitrogens with one attached hydrogen (secondary N) is 1. The zero-order chi connectivity index (χ0) is 14.4. The van der Waals surface area contributed by atoms with Crippen molar-refractivity contribution in [2.24, 2.45) is 7.05 Å². The standard InChI is InChI=1S/C15H21N3O2/c1-12-5-3-4-6-15(12)20-11-14(19)9-16-7-13-8-17-18(2)10-13/h3-6,8,10,14,16,19H,7,9,11H2,1-2H3. The summed E-state index contributed by atoms with van der Waals surface area (Å²) in [4.78, 5) is 0. The van der Waals surface area contributed by atoms with Crippen LogP contribution in [0.1, 0.15) is 11.1 Å². The van der Waals surface area contributed by atoms with Crippen molar-refractivity contribution in [1.82, 2.24) is 15.1 Å². The molecule has 1 unspecified atom stereocenters. The summed E-state index contributed by atoms with van der Waals surface area (Å²) >= 11 is 0. The number of rotatable bonds is 7. The molecule has 1 aromatic heterocycles. The maximum absolute atomic E-state index is 9.88. The Balaban J connectivity index is 1.68. The summed E-state index contributed by atoms with van der Waals surface area (Å²) in [6.07, 6.45) is 3.22. The first-order chi connectivity index (χ1) is 9.65. The SMILES string of the molecule is Cc1ccccc1OCC(O)CNCc1cnn(C)c1. The number of ether oxygens (including phenoxy) is 1. The Morgan fingerprint density at radius 3 is 2.90 bits per heavy atom. The van der Waals surface area contributed by atoms with E-state index in [0.717, 1.165) is 16.9 Å². The Bertz CT molecular complexity index is 539. The van der Waals surface area contributed by atoms with E-state index in [4.69, 9.17) is 4.74 Å². The number of nitrogens with zero attached hydrogens (tertiary/aromatic N) is 2. The van der Waals surface area contributed by atoms with Gasteiger partial charge in [-0.3, -0.25) is 4.68 Å². The van der Waals surface area contributed by atoms with Crippen LogP contribution in [-0.2, 0) is 13.6 Å². The Morgan fingerprint density at radius 2 is 2.20 bits per heavy atom. The summed E-state index contributed by atoms with van der Waals surface area (Å²) in [6.45, 7) is 3.45. The molecule has 0 amide bonds. The van der Waals surface area contributed by atoms with Crippen LogP contribution in [0, 0.1) is 6.92 Å². The number of hydrogen-bond donors (Lipinski definition) is 2. The fraction of sp³-hybridized carbons (Fsp3) is 0.400. The highest BCUT2D eigenvalue weighted by Gasteiger charge is 2.06. The number of benzene rings is 1. The van der Waals surface area contributed by atoms with E-state index in [1.54, 1.807) is 4.68 Å². The molecule has 5 nitrogen and oxygen atoms in total. The molecule has 1 heterocycles. The normalized spacial score (nSPS) is 12.3. The lowest BCUT2D eigenvalue weighted by Crippen LogP contribution is -2.31. The lowest BCUT2D eigenvalue weighted by molar-refractivity contribution is 0.106. The number of aliphatic hydroxyl groups is 1. The van der Waals surface area contributed by atoms with E-state index in [9.17, 15) is 5.11 Å². The summed E-state index contributed by atoms with van der Waals surface area (Å²) < 4.78 is 7.36. The van der Waals surface area contributed by atoms with Gasteiger partial charge in [-0.05, 0) is 18.6 Å². The summed E-state index contributed by atoms with van der Waals surface area (Å²) in [5.41, 5.74) is 2.17. The third-order valence-corrected chi connectivity index (χ3v) is 2.99. The van der Waals surface area contributed by atoms with Gasteiger partial charge in [0.05, 0.1) is 6.20 Å². The van der Waals surface area contributed by atoms with Gasteiger partial charge in [0, 0.05) is 31.9 Å². The minimum Gasteiger partial charge on any atom is -0.491 e. The molecule has 5 heteroatoms. The fourth-order valence-electron chi connectivity index (χ4n) is 1.91. The number of para-hydroxylation sites is 1. The predicted octanol–water partition coefficient (Wildman–Crippen LogP) is 1.26. The van der Waals surface area contributed by atoms with E-state index in [1.807, 2.05) is 50.6 Å². The molecule has 20 heavy (non-hydrogen) atoms. The maximum atomic E-state index is 9.88. The quantitative estimate of drug-likeness (QED) is 0.798. The molecule has 0 saturated heterocycles. The van der Waals surface area contributed by atoms with Crippen LogP contribution in [0.15, 0.2) is 36.7 Å². The molecule has 0 fully saturated rings. The highest BCUT2D eigenvalue weighted by Crippen LogP contribution is 2.16. The molecule has 0 aliphatic carbocycles. The highest BCUT2D eigenvalue weighted by molar-refractivity contribution is 5.31. The molecule has 0 bridgehead atoms. The van der Waals surface area contributed by atoms with E-state index in [-0.39, 0.29) is 6.61 Å². The summed E-state index contributed by atoms with van der Waals surface area (Å²) in [7, 11) is 1.88. The Labute approximate surface area is 119 Å². The first-order valence-corrected chi connectivity index (χ1v) is 6.70. The van der Waals surface area contributed by atoms with Crippen molar-refractivity contribution < 1.29 is 9.84 Å². The second kappa shape index (κ2) is 7.07. The molecule has 2 rings (SSSR count). The van der Waals surface area contributed by atoms with Gasteiger partial charge < -0.3 is 15.2 Å². The van der Waals surface area contributed by atoms with Gasteiger partial charge in [-0.15, -0.1) is 0 Å². The van der Waals surface area contributed by atoms with Crippen LogP contribution in [0.4, 0.5) is 0 Å². The molecular weight excluding hydrogens is 254 g/mol. The van der Waals surface area contributed by atoms with Crippen molar-refractivity contribution in [3.05, 3.63) is 47.8 Å². The Morgan fingerprint density at radius 1 is 1.40 bits per heavy atom. The van der Waals surface area contributed by atoms with E-state index < -0.39 is 6.10 Å². The van der Waals surface area contributed by atoms with Crippen LogP contribution < -0.4 is 10.1 Å². The van der Waals surface area contributed by atoms with Crippen molar-refractivity contribution >= 4 is 0 Å². The van der Waals surface area contributed by atoms with Crippen molar-refractivity contribution in [3.8, 4) is 5.75 Å². The van der Waals surface area contributed by atoms with Crippen molar-refractivity contribution in [2.45, 2.75) is 19.6 Å². The summed E-state index contributed by atoms with van der Waals surface area (Å²) in [6, 6.07) is 7.79. The first kappa shape index (κ1) is 14.6. The minimum atomic E-state index is -0.536. The van der Waals surface area contributed by atoms with Crippen LogP contribution in [-0.4, -0.2) is 34.1 Å². The van der Waals surface area contributed by atoms with Crippen molar-refractivity contribution in [2.75, 3.05) is 13.2 Å². The lowest BCUT2D eigenvalue weighted by atomic mass is 10.2. The maximum Gasteiger partial charge on any atom is 0.122 e. The predicted molar refractivity (Wildman–Crippen MR) is 77.6 cm³/mol. The number of hydrogen-bond acceptors (Lipinski definition) is 4. The average molecular weight is 275 g/mol. The Hall–Kier alpha value is -1.85. The molecule has 2 aromatic rings. The number of aromatic nitrogens is 2. The molecule has 1 aromatic carbocycles. The van der Waals surface area contributed by atoms with E-state index in [1.165, 1.54) is 0 Å². The zero-order valence-electron chi connectivity index (χ0n) is 11.9. The molecule has 0 spiro atoms. The molecule has 0 saturated carbocycles. The number of aliphatic hydroxyl groups excluding tert-OH is 1. The van der Waals surface area contributed by atoms with Gasteiger partial charge in [-0.1, -0.05) is 18.2 Å². The molecule has 0 radical (unpaired) electrons. The van der Waals surface area contributed by atoms with E-state index >= 15 is 0 Å². The second-order valence-corrected chi connectivity index (χ2v) is 4.88. The van der Waals surface area contributed by atoms with Crippen LogP contribution in [0.25, 0.3) is 0 Å². The monoisotopic (exact) mass is 275 g/mol. The van der Waals surface area contributed by atoms with Gasteiger partial charge in [0.15, 0.2) is 0 Å². The highest BCUT2D eigenvalue weighted by atomic mass is 16.5. The minimum absolute atomic E-state index is 0.283. The van der Waals surface area contributed by atoms with Gasteiger partial charge in [-0.25, -0.2) is 0 Å². The molecule has 0 aliphatic heterocycles. The van der Waals surface area contributed by atoms with E-state index in [0.29, 0.717) is 13.1 Å². The first-order valence-electron chi connectivity index (χ1n) is 6.70. The smallest absolute Gasteiger partial charge is 0.122 e.